The van der Waals surface area contributed by atoms with Crippen LogP contribution in [0.3, 0.4) is 0 Å². The van der Waals surface area contributed by atoms with Crippen molar-refractivity contribution in [1.29, 1.82) is 0 Å². The summed E-state index contributed by atoms with van der Waals surface area (Å²) in [6.07, 6.45) is 7.91. The largest absolute Gasteiger partial charge is 0.136 e. The zero-order valence-corrected chi connectivity index (χ0v) is 5.95. The zero-order valence-electron chi connectivity index (χ0n) is 4.24. The van der Waals surface area contributed by atoms with E-state index in [0.717, 1.165) is 4.24 Å². The Hall–Kier alpha value is -0.0800. The molecule has 0 bridgehead atoms. The van der Waals surface area contributed by atoms with Crippen molar-refractivity contribution >= 4 is 24.4 Å². The minimum absolute atomic E-state index is 1.04. The lowest BCUT2D eigenvalue weighted by molar-refractivity contribution is 1.97. The first-order chi connectivity index (χ1) is 3.89. The van der Waals surface area contributed by atoms with Crippen LogP contribution in [0.25, 0.3) is 0 Å². The van der Waals surface area contributed by atoms with Gasteiger partial charge in [-0.15, -0.1) is 12.6 Å². The number of thioether (sulfide) groups is 1. The fraction of sp³-hybridized carbons (Fsp3) is 0. The van der Waals surface area contributed by atoms with Crippen molar-refractivity contribution < 1.29 is 0 Å². The Morgan fingerprint density at radius 3 is 3.00 bits per heavy atom. The van der Waals surface area contributed by atoms with Crippen molar-refractivity contribution in [1.82, 2.24) is 0 Å². The second-order valence-corrected chi connectivity index (χ2v) is 3.07. The molecule has 0 aromatic rings. The molecule has 0 unspecified atom stereocenters. The first-order valence-electron chi connectivity index (χ1n) is 2.29. The quantitative estimate of drug-likeness (QED) is 0.507. The van der Waals surface area contributed by atoms with Crippen LogP contribution in [-0.2, 0) is 0 Å². The number of thiol groups is 1. The van der Waals surface area contributed by atoms with E-state index < -0.39 is 0 Å². The van der Waals surface area contributed by atoms with Gasteiger partial charge in [0.15, 0.2) is 0 Å². The highest BCUT2D eigenvalue weighted by atomic mass is 32.2. The van der Waals surface area contributed by atoms with Crippen LogP contribution in [0.1, 0.15) is 0 Å². The Morgan fingerprint density at radius 1 is 1.25 bits per heavy atom. The average Bonchev–Trinajstić information content (AvgIpc) is 1.94. The molecule has 0 saturated heterocycles. The molecular weight excluding hydrogens is 136 g/mol. The minimum atomic E-state index is 1.04. The fourth-order valence-electron chi connectivity index (χ4n) is 0.396. The number of hydrogen-bond donors (Lipinski definition) is 1. The first-order valence-corrected chi connectivity index (χ1v) is 3.61. The van der Waals surface area contributed by atoms with E-state index in [1.165, 1.54) is 0 Å². The van der Waals surface area contributed by atoms with Crippen molar-refractivity contribution in [3.05, 3.63) is 33.9 Å². The molecule has 0 saturated carbocycles. The van der Waals surface area contributed by atoms with E-state index in [-0.39, 0.29) is 0 Å². The molecule has 0 nitrogen and oxygen atoms in total. The van der Waals surface area contributed by atoms with Gasteiger partial charge in [0.2, 0.25) is 0 Å². The Kier molecular flexibility index (Phi) is 2.30. The summed E-state index contributed by atoms with van der Waals surface area (Å²) in [4.78, 5) is 0. The molecule has 1 aliphatic rings. The monoisotopic (exact) mass is 142 g/mol. The molecule has 0 aromatic heterocycles. The molecule has 1 heterocycles. The molecule has 0 fully saturated rings. The minimum Gasteiger partial charge on any atom is -0.136 e. The highest BCUT2D eigenvalue weighted by Gasteiger charge is 1.84. The Balaban J connectivity index is 2.69. The van der Waals surface area contributed by atoms with Gasteiger partial charge in [-0.1, -0.05) is 30.0 Å². The van der Waals surface area contributed by atoms with E-state index in [2.05, 4.69) is 12.6 Å². The summed E-state index contributed by atoms with van der Waals surface area (Å²) in [5.74, 6) is 0. The lowest BCUT2D eigenvalue weighted by Gasteiger charge is -1.85. The van der Waals surface area contributed by atoms with Crippen LogP contribution in [0.5, 0.6) is 0 Å². The van der Waals surface area contributed by atoms with Crippen molar-refractivity contribution in [3.63, 3.8) is 0 Å². The molecule has 8 heavy (non-hydrogen) atoms. The van der Waals surface area contributed by atoms with Crippen LogP contribution in [0.2, 0.25) is 0 Å². The van der Waals surface area contributed by atoms with E-state index in [1.807, 2.05) is 29.7 Å². The lowest BCUT2D eigenvalue weighted by Crippen LogP contribution is -1.50. The van der Waals surface area contributed by atoms with Crippen molar-refractivity contribution in [2.45, 2.75) is 0 Å². The van der Waals surface area contributed by atoms with Crippen LogP contribution in [0, 0.1) is 0 Å². The second kappa shape index (κ2) is 3.05. The SMILES string of the molecule is SC1=CC=CC=CS1. The van der Waals surface area contributed by atoms with E-state index in [4.69, 9.17) is 0 Å². The van der Waals surface area contributed by atoms with Gasteiger partial charge in [0.25, 0.3) is 0 Å². The molecule has 0 amide bonds. The molecule has 0 N–H and O–H groups in total. The van der Waals surface area contributed by atoms with Gasteiger partial charge in [0.05, 0.1) is 0 Å². The first kappa shape index (κ1) is 6.05. The molecular formula is C6H6S2. The van der Waals surface area contributed by atoms with Gasteiger partial charge in [-0.05, 0) is 11.5 Å². The smallest absolute Gasteiger partial charge is 0.0413 e. The molecule has 1 rings (SSSR count). The van der Waals surface area contributed by atoms with Crippen LogP contribution in [0.15, 0.2) is 33.9 Å². The summed E-state index contributed by atoms with van der Waals surface area (Å²) in [7, 11) is 0. The molecule has 0 aliphatic carbocycles. The molecule has 1 aliphatic heterocycles. The fourth-order valence-corrected chi connectivity index (χ4v) is 1.13. The molecule has 42 valence electrons. The summed E-state index contributed by atoms with van der Waals surface area (Å²) >= 11 is 5.77. The van der Waals surface area contributed by atoms with E-state index in [1.54, 1.807) is 11.8 Å². The summed E-state index contributed by atoms with van der Waals surface area (Å²) in [6, 6.07) is 0. The highest BCUT2D eigenvalue weighted by Crippen LogP contribution is 2.21. The predicted octanol–water partition coefficient (Wildman–Crippen LogP) is 2.57. The van der Waals surface area contributed by atoms with Crippen molar-refractivity contribution in [2.75, 3.05) is 0 Å². The van der Waals surface area contributed by atoms with Crippen LogP contribution >= 0.6 is 24.4 Å². The molecule has 2 heteroatoms. The molecule has 0 radical (unpaired) electrons. The summed E-state index contributed by atoms with van der Waals surface area (Å²) in [5, 5.41) is 2.00. The normalized spacial score (nSPS) is 17.9. The Morgan fingerprint density at radius 2 is 2.12 bits per heavy atom. The Labute approximate surface area is 58.8 Å². The van der Waals surface area contributed by atoms with Gasteiger partial charge < -0.3 is 0 Å². The van der Waals surface area contributed by atoms with Crippen LogP contribution < -0.4 is 0 Å². The second-order valence-electron chi connectivity index (χ2n) is 1.34. The predicted molar refractivity (Wildman–Crippen MR) is 42.9 cm³/mol. The zero-order chi connectivity index (χ0) is 5.82. The molecule has 0 spiro atoms. The van der Waals surface area contributed by atoms with Gasteiger partial charge in [-0.2, -0.15) is 0 Å². The Bertz CT molecular complexity index is 154. The standard InChI is InChI=1S/C6H6S2/c7-6-4-2-1-3-5-8-6/h1-5,7H. The average molecular weight is 142 g/mol. The van der Waals surface area contributed by atoms with Crippen molar-refractivity contribution in [2.24, 2.45) is 0 Å². The third-order valence-electron chi connectivity index (χ3n) is 0.728. The third-order valence-corrected chi connectivity index (χ3v) is 1.86. The van der Waals surface area contributed by atoms with Gasteiger partial charge in [-0.3, -0.25) is 0 Å². The van der Waals surface area contributed by atoms with Gasteiger partial charge in [0.1, 0.15) is 0 Å². The molecule has 0 atom stereocenters. The summed E-state index contributed by atoms with van der Waals surface area (Å²) < 4.78 is 1.04. The lowest BCUT2D eigenvalue weighted by atomic mass is 10.5. The highest BCUT2D eigenvalue weighted by molar-refractivity contribution is 8.17. The van der Waals surface area contributed by atoms with Gasteiger partial charge in [0, 0.05) is 4.24 Å². The molecule has 0 aromatic carbocycles. The van der Waals surface area contributed by atoms with E-state index in [9.17, 15) is 0 Å². The maximum absolute atomic E-state index is 4.15. The maximum atomic E-state index is 4.15. The number of rotatable bonds is 0. The summed E-state index contributed by atoms with van der Waals surface area (Å²) in [6.45, 7) is 0. The van der Waals surface area contributed by atoms with Gasteiger partial charge in [-0.25, -0.2) is 0 Å². The van der Waals surface area contributed by atoms with E-state index >= 15 is 0 Å². The van der Waals surface area contributed by atoms with Crippen LogP contribution in [-0.4, -0.2) is 0 Å². The summed E-state index contributed by atoms with van der Waals surface area (Å²) in [5.41, 5.74) is 0. The van der Waals surface area contributed by atoms with E-state index in [0.29, 0.717) is 0 Å². The topological polar surface area (TPSA) is 0 Å². The maximum Gasteiger partial charge on any atom is 0.0413 e. The van der Waals surface area contributed by atoms with Crippen LogP contribution in [0.4, 0.5) is 0 Å². The van der Waals surface area contributed by atoms with Gasteiger partial charge >= 0.3 is 0 Å². The number of hydrogen-bond acceptors (Lipinski definition) is 2. The number of allylic oxidation sites excluding steroid dienone is 4. The third kappa shape index (κ3) is 1.80. The van der Waals surface area contributed by atoms with Crippen molar-refractivity contribution in [3.8, 4) is 0 Å².